The topological polar surface area (TPSA) is 50.4 Å². The molecule has 1 heterocycles. The minimum atomic E-state index is -0.898. The maximum Gasteiger partial charge on any atom is 0.313 e. The minimum Gasteiger partial charge on any atom is -0.481 e. The predicted molar refractivity (Wildman–Crippen MR) is 44.3 cm³/mol. The van der Waals surface area contributed by atoms with Crippen molar-refractivity contribution in [2.24, 2.45) is 0 Å². The lowest BCUT2D eigenvalue weighted by Crippen LogP contribution is -2.05. The molecule has 1 aromatic heterocycles. The van der Waals surface area contributed by atoms with Gasteiger partial charge in [0.25, 0.3) is 0 Å². The molecule has 1 N–H and O–H groups in total. The Morgan fingerprint density at radius 2 is 2.42 bits per heavy atom. The van der Waals surface area contributed by atoms with Crippen molar-refractivity contribution in [3.8, 4) is 0 Å². The Hall–Kier alpha value is -0.960. The van der Waals surface area contributed by atoms with E-state index < -0.39 is 11.9 Å². The van der Waals surface area contributed by atoms with Crippen molar-refractivity contribution in [1.29, 1.82) is 0 Å². The Morgan fingerprint density at radius 3 is 2.83 bits per heavy atom. The van der Waals surface area contributed by atoms with E-state index in [9.17, 15) is 4.79 Å². The van der Waals surface area contributed by atoms with Gasteiger partial charge in [-0.3, -0.25) is 4.79 Å². The zero-order chi connectivity index (χ0) is 9.14. The quantitative estimate of drug-likeness (QED) is 0.740. The summed E-state index contributed by atoms with van der Waals surface area (Å²) in [6.07, 6.45) is 0. The molecular formula is C8H9ClO3. The number of halogens is 1. The Morgan fingerprint density at radius 1 is 1.75 bits per heavy atom. The van der Waals surface area contributed by atoms with Crippen LogP contribution in [-0.2, 0) is 10.7 Å². The lowest BCUT2D eigenvalue weighted by Gasteiger charge is -2.00. The maximum absolute atomic E-state index is 10.5. The fourth-order valence-corrected chi connectivity index (χ4v) is 0.964. The lowest BCUT2D eigenvalue weighted by atomic mass is 10.1. The van der Waals surface area contributed by atoms with Crippen LogP contribution >= 0.6 is 11.6 Å². The fraction of sp³-hybridized carbons (Fsp3) is 0.375. The van der Waals surface area contributed by atoms with E-state index in [-0.39, 0.29) is 5.88 Å². The van der Waals surface area contributed by atoms with Crippen LogP contribution in [-0.4, -0.2) is 11.1 Å². The van der Waals surface area contributed by atoms with E-state index >= 15 is 0 Å². The summed E-state index contributed by atoms with van der Waals surface area (Å²) in [5.41, 5.74) is 0. The highest BCUT2D eigenvalue weighted by molar-refractivity contribution is 6.16. The van der Waals surface area contributed by atoms with Gasteiger partial charge in [-0.2, -0.15) is 0 Å². The summed E-state index contributed by atoms with van der Waals surface area (Å²) < 4.78 is 5.14. The number of alkyl halides is 1. The van der Waals surface area contributed by atoms with Crippen molar-refractivity contribution in [2.45, 2.75) is 18.7 Å². The summed E-state index contributed by atoms with van der Waals surface area (Å²) in [6.45, 7) is 1.57. The van der Waals surface area contributed by atoms with Gasteiger partial charge in [0, 0.05) is 0 Å². The summed E-state index contributed by atoms with van der Waals surface area (Å²) in [5.74, 6) is -0.197. The van der Waals surface area contributed by atoms with Crippen LogP contribution in [0.25, 0.3) is 0 Å². The third-order valence-corrected chi connectivity index (χ3v) is 1.87. The first kappa shape index (κ1) is 9.13. The van der Waals surface area contributed by atoms with Gasteiger partial charge in [0.15, 0.2) is 0 Å². The number of carboxylic acid groups (broad SMARTS) is 1. The van der Waals surface area contributed by atoms with Crippen molar-refractivity contribution < 1.29 is 14.3 Å². The first-order chi connectivity index (χ1) is 5.65. The number of aliphatic carboxylic acids is 1. The predicted octanol–water partition coefficient (Wildman–Crippen LogP) is 2.21. The van der Waals surface area contributed by atoms with E-state index in [2.05, 4.69) is 0 Å². The van der Waals surface area contributed by atoms with Crippen LogP contribution in [0.15, 0.2) is 16.5 Å². The van der Waals surface area contributed by atoms with Crippen molar-refractivity contribution >= 4 is 17.6 Å². The molecule has 3 nitrogen and oxygen atoms in total. The molecule has 12 heavy (non-hydrogen) atoms. The summed E-state index contributed by atoms with van der Waals surface area (Å²) >= 11 is 5.48. The molecule has 0 aliphatic rings. The highest BCUT2D eigenvalue weighted by Crippen LogP contribution is 2.19. The van der Waals surface area contributed by atoms with Gasteiger partial charge in [0.1, 0.15) is 17.4 Å². The third-order valence-electron chi connectivity index (χ3n) is 1.61. The number of hydrogen-bond acceptors (Lipinski definition) is 2. The molecule has 0 fully saturated rings. The Kier molecular flexibility index (Phi) is 2.76. The number of carboxylic acids is 1. The maximum atomic E-state index is 10.5. The molecule has 0 saturated carbocycles. The monoisotopic (exact) mass is 188 g/mol. The van der Waals surface area contributed by atoms with E-state index in [4.69, 9.17) is 21.1 Å². The van der Waals surface area contributed by atoms with Crippen LogP contribution < -0.4 is 0 Å². The molecule has 0 saturated heterocycles. The summed E-state index contributed by atoms with van der Waals surface area (Å²) in [5, 5.41) is 8.62. The summed E-state index contributed by atoms with van der Waals surface area (Å²) in [4.78, 5) is 10.5. The Labute approximate surface area is 74.9 Å². The second-order valence-corrected chi connectivity index (χ2v) is 2.76. The minimum absolute atomic E-state index is 0.270. The second kappa shape index (κ2) is 3.63. The zero-order valence-corrected chi connectivity index (χ0v) is 7.34. The molecule has 1 rings (SSSR count). The van der Waals surface area contributed by atoms with Crippen molar-refractivity contribution in [2.75, 3.05) is 0 Å². The van der Waals surface area contributed by atoms with Crippen LogP contribution in [0.2, 0.25) is 0 Å². The lowest BCUT2D eigenvalue weighted by molar-refractivity contribution is -0.138. The van der Waals surface area contributed by atoms with Gasteiger partial charge in [-0.25, -0.2) is 0 Å². The average molecular weight is 189 g/mol. The molecule has 1 atom stereocenters. The van der Waals surface area contributed by atoms with Gasteiger partial charge in [0.2, 0.25) is 0 Å². The normalized spacial score (nSPS) is 12.8. The molecule has 1 unspecified atom stereocenters. The van der Waals surface area contributed by atoms with Crippen LogP contribution in [0.5, 0.6) is 0 Å². The number of carbonyl (C=O) groups is 1. The largest absolute Gasteiger partial charge is 0.481 e. The number of hydrogen-bond donors (Lipinski definition) is 1. The molecule has 0 bridgehead atoms. The van der Waals surface area contributed by atoms with Gasteiger partial charge in [-0.15, -0.1) is 11.6 Å². The fourth-order valence-electron chi connectivity index (χ4n) is 0.821. The molecule has 0 amide bonds. The first-order valence-electron chi connectivity index (χ1n) is 3.52. The third kappa shape index (κ3) is 1.80. The van der Waals surface area contributed by atoms with Crippen molar-refractivity contribution in [3.63, 3.8) is 0 Å². The SMILES string of the molecule is CC(C(=O)O)c1ccc(CCl)o1. The molecule has 1 aromatic rings. The Bertz CT molecular complexity index is 280. The number of rotatable bonds is 3. The molecule has 0 spiro atoms. The highest BCUT2D eigenvalue weighted by atomic mass is 35.5. The Balaban J connectivity index is 2.81. The smallest absolute Gasteiger partial charge is 0.313 e. The second-order valence-electron chi connectivity index (χ2n) is 2.50. The van der Waals surface area contributed by atoms with E-state index in [0.29, 0.717) is 11.5 Å². The van der Waals surface area contributed by atoms with Crippen LogP contribution in [0.3, 0.4) is 0 Å². The zero-order valence-electron chi connectivity index (χ0n) is 6.58. The van der Waals surface area contributed by atoms with Crippen molar-refractivity contribution in [1.82, 2.24) is 0 Å². The summed E-state index contributed by atoms with van der Waals surface area (Å²) in [6, 6.07) is 3.32. The van der Waals surface area contributed by atoms with Gasteiger partial charge < -0.3 is 9.52 Å². The molecule has 0 aliphatic heterocycles. The average Bonchev–Trinajstić information content (AvgIpc) is 2.50. The van der Waals surface area contributed by atoms with E-state index in [1.165, 1.54) is 0 Å². The van der Waals surface area contributed by atoms with Crippen molar-refractivity contribution in [3.05, 3.63) is 23.7 Å². The first-order valence-corrected chi connectivity index (χ1v) is 4.06. The summed E-state index contributed by atoms with van der Waals surface area (Å²) in [7, 11) is 0. The molecule has 0 aromatic carbocycles. The van der Waals surface area contributed by atoms with Gasteiger partial charge >= 0.3 is 5.97 Å². The highest BCUT2D eigenvalue weighted by Gasteiger charge is 2.17. The van der Waals surface area contributed by atoms with Crippen LogP contribution in [0.1, 0.15) is 24.4 Å². The molecule has 4 heteroatoms. The van der Waals surface area contributed by atoms with Crippen LogP contribution in [0.4, 0.5) is 0 Å². The van der Waals surface area contributed by atoms with Gasteiger partial charge in [-0.05, 0) is 19.1 Å². The molecule has 0 radical (unpaired) electrons. The van der Waals surface area contributed by atoms with E-state index in [1.54, 1.807) is 19.1 Å². The molecule has 66 valence electrons. The molecular weight excluding hydrogens is 180 g/mol. The number of furan rings is 1. The van der Waals surface area contributed by atoms with Crippen LogP contribution in [0, 0.1) is 0 Å². The standard InChI is InChI=1S/C8H9ClO3/c1-5(8(10)11)7-3-2-6(4-9)12-7/h2-3,5H,4H2,1H3,(H,10,11). The van der Waals surface area contributed by atoms with Gasteiger partial charge in [0.05, 0.1) is 5.88 Å². The van der Waals surface area contributed by atoms with E-state index in [0.717, 1.165) is 0 Å². The van der Waals surface area contributed by atoms with E-state index in [1.807, 2.05) is 0 Å². The molecule has 0 aliphatic carbocycles. The van der Waals surface area contributed by atoms with Gasteiger partial charge in [-0.1, -0.05) is 0 Å².